The summed E-state index contributed by atoms with van der Waals surface area (Å²) in [7, 11) is 0. The number of nitrogens with zero attached hydrogens (tertiary/aromatic N) is 5. The number of hydrogen-bond donors (Lipinski definition) is 0. The van der Waals surface area contributed by atoms with Gasteiger partial charge >= 0.3 is 0 Å². The molecule has 23 heavy (non-hydrogen) atoms. The number of hydrogen-bond acceptors (Lipinski definition) is 4. The number of aromatic nitrogens is 3. The number of carbonyl (C=O) groups excluding carboxylic acids is 1. The Morgan fingerprint density at radius 1 is 1.04 bits per heavy atom. The molecule has 3 aliphatic rings. The molecule has 2 atom stereocenters. The van der Waals surface area contributed by atoms with Gasteiger partial charge in [-0.3, -0.25) is 4.79 Å². The Bertz CT molecular complexity index is 551. The van der Waals surface area contributed by atoms with Gasteiger partial charge in [-0.05, 0) is 51.6 Å². The monoisotopic (exact) mass is 317 g/mol. The van der Waals surface area contributed by atoms with Crippen LogP contribution in [0.3, 0.4) is 0 Å². The van der Waals surface area contributed by atoms with Crippen molar-refractivity contribution in [3.63, 3.8) is 0 Å². The van der Waals surface area contributed by atoms with Crippen LogP contribution in [-0.4, -0.2) is 62.7 Å². The fourth-order valence-electron chi connectivity index (χ4n) is 4.49. The largest absolute Gasteiger partial charge is 0.342 e. The van der Waals surface area contributed by atoms with Gasteiger partial charge in [0.15, 0.2) is 0 Å². The van der Waals surface area contributed by atoms with Gasteiger partial charge in [0, 0.05) is 32.1 Å². The summed E-state index contributed by atoms with van der Waals surface area (Å²) in [5.41, 5.74) is 0. The maximum Gasteiger partial charge on any atom is 0.227 e. The number of rotatable bonds is 2. The lowest BCUT2D eigenvalue weighted by Crippen LogP contribution is -2.41. The van der Waals surface area contributed by atoms with Crippen molar-refractivity contribution >= 4 is 5.91 Å². The lowest BCUT2D eigenvalue weighted by Gasteiger charge is -2.29. The number of amides is 1. The normalized spacial score (nSPS) is 29.3. The minimum atomic E-state index is 0.113. The summed E-state index contributed by atoms with van der Waals surface area (Å²) in [5.74, 6) is 1.49. The second-order valence-corrected chi connectivity index (χ2v) is 7.29. The van der Waals surface area contributed by atoms with Gasteiger partial charge in [-0.25, -0.2) is 0 Å². The van der Waals surface area contributed by atoms with Crippen LogP contribution in [0.5, 0.6) is 0 Å². The molecule has 1 aromatic rings. The van der Waals surface area contributed by atoms with Crippen LogP contribution >= 0.6 is 0 Å². The highest BCUT2D eigenvalue weighted by molar-refractivity contribution is 5.79. The van der Waals surface area contributed by atoms with Crippen molar-refractivity contribution < 1.29 is 4.79 Å². The van der Waals surface area contributed by atoms with Gasteiger partial charge in [0.1, 0.15) is 12.2 Å². The highest BCUT2D eigenvalue weighted by Gasteiger charge is 2.31. The van der Waals surface area contributed by atoms with E-state index in [1.807, 2.05) is 0 Å². The fourth-order valence-corrected chi connectivity index (χ4v) is 4.49. The first-order chi connectivity index (χ1) is 11.3. The predicted octanol–water partition coefficient (Wildman–Crippen LogP) is 1.32. The molecule has 126 valence electrons. The first-order valence-corrected chi connectivity index (χ1v) is 9.21. The Morgan fingerprint density at radius 3 is 2.78 bits per heavy atom. The van der Waals surface area contributed by atoms with Gasteiger partial charge in [-0.2, -0.15) is 0 Å². The van der Waals surface area contributed by atoms with E-state index in [1.54, 1.807) is 6.33 Å². The van der Waals surface area contributed by atoms with E-state index in [-0.39, 0.29) is 5.92 Å². The van der Waals surface area contributed by atoms with E-state index in [0.29, 0.717) is 11.9 Å². The summed E-state index contributed by atoms with van der Waals surface area (Å²) in [6.45, 7) is 5.16. The molecule has 1 aromatic heterocycles. The van der Waals surface area contributed by atoms with E-state index >= 15 is 0 Å². The van der Waals surface area contributed by atoms with Crippen LogP contribution in [0, 0.1) is 5.92 Å². The average Bonchev–Trinajstić information content (AvgIpc) is 3.21. The van der Waals surface area contributed by atoms with Gasteiger partial charge in [0.25, 0.3) is 0 Å². The van der Waals surface area contributed by atoms with Crippen LogP contribution in [0.1, 0.15) is 44.3 Å². The third kappa shape index (κ3) is 3.13. The molecule has 0 aromatic carbocycles. The van der Waals surface area contributed by atoms with E-state index < -0.39 is 0 Å². The minimum absolute atomic E-state index is 0.113. The molecule has 4 rings (SSSR count). The van der Waals surface area contributed by atoms with Gasteiger partial charge in [0.05, 0.1) is 5.92 Å². The van der Waals surface area contributed by atoms with E-state index in [9.17, 15) is 4.79 Å². The van der Waals surface area contributed by atoms with Crippen molar-refractivity contribution in [2.24, 2.45) is 5.92 Å². The highest BCUT2D eigenvalue weighted by atomic mass is 16.2. The second kappa shape index (κ2) is 6.59. The summed E-state index contributed by atoms with van der Waals surface area (Å²) in [4.78, 5) is 17.7. The molecule has 0 spiro atoms. The first kappa shape index (κ1) is 15.1. The summed E-state index contributed by atoms with van der Waals surface area (Å²) >= 11 is 0. The van der Waals surface area contributed by atoms with E-state index in [2.05, 4.69) is 24.6 Å². The molecule has 2 unspecified atom stereocenters. The zero-order valence-corrected chi connectivity index (χ0v) is 13.9. The van der Waals surface area contributed by atoms with E-state index in [4.69, 9.17) is 0 Å². The Balaban J connectivity index is 1.35. The highest BCUT2D eigenvalue weighted by Crippen LogP contribution is 2.24. The third-order valence-electron chi connectivity index (χ3n) is 5.84. The summed E-state index contributed by atoms with van der Waals surface area (Å²) in [5, 5.41) is 8.08. The lowest BCUT2D eigenvalue weighted by atomic mass is 9.97. The summed E-state index contributed by atoms with van der Waals surface area (Å²) < 4.78 is 2.05. The van der Waals surface area contributed by atoms with E-state index in [0.717, 1.165) is 51.1 Å². The van der Waals surface area contributed by atoms with Crippen LogP contribution in [0.15, 0.2) is 6.33 Å². The Labute approximate surface area is 137 Å². The number of fused-ring (bicyclic) bond motifs is 1. The Kier molecular flexibility index (Phi) is 4.33. The molecule has 0 N–H and O–H groups in total. The van der Waals surface area contributed by atoms with Crippen LogP contribution in [0.4, 0.5) is 0 Å². The quantitative estimate of drug-likeness (QED) is 0.825. The molecule has 2 fully saturated rings. The van der Waals surface area contributed by atoms with Gasteiger partial charge in [-0.15, -0.1) is 10.2 Å². The van der Waals surface area contributed by atoms with Crippen molar-refractivity contribution in [2.45, 2.75) is 57.5 Å². The molecule has 0 aliphatic carbocycles. The topological polar surface area (TPSA) is 54.3 Å². The maximum atomic E-state index is 12.9. The zero-order valence-electron chi connectivity index (χ0n) is 13.9. The summed E-state index contributed by atoms with van der Waals surface area (Å²) in [6, 6.07) is 0.700. The van der Waals surface area contributed by atoms with Crippen LogP contribution in [-0.2, 0) is 17.8 Å². The molecule has 4 heterocycles. The molecule has 0 bridgehead atoms. The van der Waals surface area contributed by atoms with Crippen molar-refractivity contribution in [3.8, 4) is 0 Å². The van der Waals surface area contributed by atoms with Crippen LogP contribution in [0.2, 0.25) is 0 Å². The zero-order chi connectivity index (χ0) is 15.6. The van der Waals surface area contributed by atoms with Gasteiger partial charge in [0.2, 0.25) is 5.91 Å². The molecule has 2 saturated heterocycles. The molecule has 3 aliphatic heterocycles. The predicted molar refractivity (Wildman–Crippen MR) is 86.9 cm³/mol. The SMILES string of the molecule is O=C(C1CCc2nncn2C1)N1CCCC(N2CCCC2)CC1. The van der Waals surface area contributed by atoms with Gasteiger partial charge < -0.3 is 14.4 Å². The lowest BCUT2D eigenvalue weighted by molar-refractivity contribution is -0.136. The van der Waals surface area contributed by atoms with Crippen molar-refractivity contribution in [1.82, 2.24) is 24.6 Å². The molecular weight excluding hydrogens is 290 g/mol. The van der Waals surface area contributed by atoms with Crippen LogP contribution in [0.25, 0.3) is 0 Å². The fraction of sp³-hybridized carbons (Fsp3) is 0.824. The molecule has 0 saturated carbocycles. The van der Waals surface area contributed by atoms with Gasteiger partial charge in [-0.1, -0.05) is 0 Å². The maximum absolute atomic E-state index is 12.9. The smallest absolute Gasteiger partial charge is 0.227 e. The average molecular weight is 317 g/mol. The standard InChI is InChI=1S/C17H27N5O/c23-17(14-5-6-16-19-18-13-22(16)12-14)21-10-3-4-15(7-11-21)20-8-1-2-9-20/h13-15H,1-12H2. The third-order valence-corrected chi connectivity index (χ3v) is 5.84. The van der Waals surface area contributed by atoms with E-state index in [1.165, 1.54) is 32.4 Å². The molecule has 6 nitrogen and oxygen atoms in total. The van der Waals surface area contributed by atoms with Crippen molar-refractivity contribution in [1.29, 1.82) is 0 Å². The van der Waals surface area contributed by atoms with Crippen molar-refractivity contribution in [2.75, 3.05) is 26.2 Å². The number of aryl methyl sites for hydroxylation is 1. The second-order valence-electron chi connectivity index (χ2n) is 7.29. The molecule has 1 amide bonds. The summed E-state index contributed by atoms with van der Waals surface area (Å²) in [6.07, 6.45) is 9.81. The Hall–Kier alpha value is -1.43. The molecular formula is C17H27N5O. The first-order valence-electron chi connectivity index (χ1n) is 9.21. The Morgan fingerprint density at radius 2 is 1.91 bits per heavy atom. The minimum Gasteiger partial charge on any atom is -0.342 e. The molecule has 0 radical (unpaired) electrons. The van der Waals surface area contributed by atoms with Crippen molar-refractivity contribution in [3.05, 3.63) is 12.2 Å². The molecule has 6 heteroatoms. The van der Waals surface area contributed by atoms with Crippen LogP contribution < -0.4 is 0 Å². The number of likely N-dealkylation sites (tertiary alicyclic amines) is 2. The number of carbonyl (C=O) groups is 1.